The highest BCUT2D eigenvalue weighted by atomic mass is 16.6. The number of amides is 2. The SMILES string of the molecule is CCCCC[C@H](NC(=O)N[C@@H](CCC(=O)OC(C)(C)C)C(=O)OC(C)(C)C)C(C)(C)C.O=C=O. The van der Waals surface area contributed by atoms with E-state index >= 15 is 0 Å². The first-order valence-electron chi connectivity index (χ1n) is 11.9. The van der Waals surface area contributed by atoms with Gasteiger partial charge in [-0.2, -0.15) is 9.59 Å². The van der Waals surface area contributed by atoms with E-state index < -0.39 is 35.2 Å². The molecule has 0 aromatic heterocycles. The van der Waals surface area contributed by atoms with Crippen LogP contribution in [0.25, 0.3) is 0 Å². The van der Waals surface area contributed by atoms with Gasteiger partial charge in [-0.1, -0.05) is 47.0 Å². The molecule has 0 aliphatic carbocycles. The summed E-state index contributed by atoms with van der Waals surface area (Å²) < 4.78 is 10.8. The van der Waals surface area contributed by atoms with Gasteiger partial charge >= 0.3 is 24.1 Å². The van der Waals surface area contributed by atoms with Crippen LogP contribution in [0.5, 0.6) is 0 Å². The van der Waals surface area contributed by atoms with Gasteiger partial charge in [-0.05, 0) is 59.8 Å². The third kappa shape index (κ3) is 19.1. The summed E-state index contributed by atoms with van der Waals surface area (Å²) in [7, 11) is 0. The number of hydrogen-bond donors (Lipinski definition) is 2. The van der Waals surface area contributed by atoms with Crippen molar-refractivity contribution in [2.24, 2.45) is 5.41 Å². The Balaban J connectivity index is 0. The lowest BCUT2D eigenvalue weighted by atomic mass is 9.83. The lowest BCUT2D eigenvalue weighted by Gasteiger charge is -2.32. The molecule has 0 saturated carbocycles. The molecule has 0 bridgehead atoms. The standard InChI is InChI=1S/C24H46N2O5.CO2/c1-11-12-13-14-18(22(2,3)4)26-21(29)25-17(20(28)31-24(8,9)10)15-16-19(27)30-23(5,6)7;2-1-3/h17-18H,11-16H2,1-10H3,(H2,25,26,29);/t17-,18-;/m0./s1. The quantitative estimate of drug-likeness (QED) is 0.343. The molecule has 0 fully saturated rings. The Kier molecular flexibility index (Phi) is 15.4. The summed E-state index contributed by atoms with van der Waals surface area (Å²) in [6.07, 6.45) is 4.45. The van der Waals surface area contributed by atoms with Crippen molar-refractivity contribution in [3.05, 3.63) is 0 Å². The highest BCUT2D eigenvalue weighted by molar-refractivity contribution is 5.84. The van der Waals surface area contributed by atoms with Crippen molar-refractivity contribution < 1.29 is 33.4 Å². The Morgan fingerprint density at radius 3 is 1.71 bits per heavy atom. The normalized spacial score (nSPS) is 13.4. The van der Waals surface area contributed by atoms with Gasteiger partial charge in [0.25, 0.3) is 0 Å². The zero-order chi connectivity index (χ0) is 27.2. The van der Waals surface area contributed by atoms with Crippen LogP contribution in [0.3, 0.4) is 0 Å². The van der Waals surface area contributed by atoms with Crippen molar-refractivity contribution in [2.45, 2.75) is 131 Å². The minimum Gasteiger partial charge on any atom is -0.460 e. The third-order valence-corrected chi connectivity index (χ3v) is 4.50. The highest BCUT2D eigenvalue weighted by Gasteiger charge is 2.31. The molecular formula is C25H46N2O7. The number of hydrogen-bond acceptors (Lipinski definition) is 7. The first kappa shape index (κ1) is 33.8. The van der Waals surface area contributed by atoms with E-state index in [0.717, 1.165) is 25.7 Å². The highest BCUT2D eigenvalue weighted by Crippen LogP contribution is 2.24. The Hall–Kier alpha value is -2.41. The van der Waals surface area contributed by atoms with Crippen molar-refractivity contribution in [3.63, 3.8) is 0 Å². The minimum absolute atomic E-state index is 0.000654. The van der Waals surface area contributed by atoms with Gasteiger partial charge in [0.15, 0.2) is 0 Å². The molecule has 2 N–H and O–H groups in total. The molecule has 0 spiro atoms. The second-order valence-electron chi connectivity index (χ2n) is 11.3. The molecule has 0 heterocycles. The van der Waals surface area contributed by atoms with Gasteiger partial charge in [0, 0.05) is 12.5 Å². The van der Waals surface area contributed by atoms with Crippen LogP contribution in [-0.4, -0.2) is 47.4 Å². The maximum absolute atomic E-state index is 12.7. The monoisotopic (exact) mass is 486 g/mol. The van der Waals surface area contributed by atoms with Gasteiger partial charge in [-0.3, -0.25) is 4.79 Å². The molecule has 0 aromatic rings. The van der Waals surface area contributed by atoms with Crippen molar-refractivity contribution in [1.82, 2.24) is 10.6 Å². The van der Waals surface area contributed by atoms with Crippen LogP contribution in [-0.2, 0) is 28.7 Å². The van der Waals surface area contributed by atoms with Crippen molar-refractivity contribution >= 4 is 24.1 Å². The summed E-state index contributed by atoms with van der Waals surface area (Å²) in [5.74, 6) is -0.986. The van der Waals surface area contributed by atoms with Crippen LogP contribution in [0, 0.1) is 5.41 Å². The van der Waals surface area contributed by atoms with Gasteiger partial charge in [0.1, 0.15) is 17.2 Å². The number of unbranched alkanes of at least 4 members (excludes halogenated alkanes) is 2. The van der Waals surface area contributed by atoms with Crippen molar-refractivity contribution in [2.75, 3.05) is 0 Å². The van der Waals surface area contributed by atoms with Gasteiger partial charge in [0.05, 0.1) is 0 Å². The van der Waals surface area contributed by atoms with E-state index in [1.165, 1.54) is 0 Å². The number of nitrogens with one attached hydrogen (secondary N) is 2. The molecule has 34 heavy (non-hydrogen) atoms. The van der Waals surface area contributed by atoms with Crippen LogP contribution in [0.2, 0.25) is 0 Å². The second kappa shape index (κ2) is 15.5. The average molecular weight is 487 g/mol. The lowest BCUT2D eigenvalue weighted by molar-refractivity contribution is -0.191. The summed E-state index contributed by atoms with van der Waals surface area (Å²) in [4.78, 5) is 53.8. The Bertz CT molecular complexity index is 664. The van der Waals surface area contributed by atoms with Crippen LogP contribution < -0.4 is 10.6 Å². The van der Waals surface area contributed by atoms with E-state index in [1.807, 2.05) is 0 Å². The zero-order valence-corrected chi connectivity index (χ0v) is 22.8. The fourth-order valence-electron chi connectivity index (χ4n) is 2.95. The van der Waals surface area contributed by atoms with E-state index in [1.54, 1.807) is 41.5 Å². The van der Waals surface area contributed by atoms with Crippen LogP contribution >= 0.6 is 0 Å². The molecule has 2 atom stereocenters. The Morgan fingerprint density at radius 1 is 0.794 bits per heavy atom. The van der Waals surface area contributed by atoms with E-state index in [2.05, 4.69) is 38.3 Å². The van der Waals surface area contributed by atoms with Crippen LogP contribution in [0.4, 0.5) is 4.79 Å². The third-order valence-electron chi connectivity index (χ3n) is 4.50. The topological polar surface area (TPSA) is 128 Å². The molecule has 0 rings (SSSR count). The number of esters is 2. The summed E-state index contributed by atoms with van der Waals surface area (Å²) in [5, 5.41) is 5.73. The Morgan fingerprint density at radius 2 is 1.29 bits per heavy atom. The first-order chi connectivity index (χ1) is 15.4. The van der Waals surface area contributed by atoms with E-state index in [-0.39, 0.29) is 30.4 Å². The number of carbonyl (C=O) groups is 3. The molecular weight excluding hydrogens is 440 g/mol. The molecule has 0 radical (unpaired) electrons. The summed E-state index contributed by atoms with van der Waals surface area (Å²) in [6.45, 7) is 19.0. The van der Waals surface area contributed by atoms with Crippen molar-refractivity contribution in [1.29, 1.82) is 0 Å². The van der Waals surface area contributed by atoms with Gasteiger partial charge in [0.2, 0.25) is 0 Å². The fraction of sp³-hybridized carbons (Fsp3) is 0.840. The van der Waals surface area contributed by atoms with Gasteiger partial charge < -0.3 is 20.1 Å². The Labute approximate surface area is 205 Å². The molecule has 0 unspecified atom stereocenters. The number of ether oxygens (including phenoxy) is 2. The van der Waals surface area contributed by atoms with Crippen molar-refractivity contribution in [3.8, 4) is 0 Å². The van der Waals surface area contributed by atoms with Crippen LogP contribution in [0.15, 0.2) is 0 Å². The van der Waals surface area contributed by atoms with Gasteiger partial charge in [-0.25, -0.2) is 9.59 Å². The number of urea groups is 1. The number of carbonyl (C=O) groups excluding carboxylic acids is 5. The predicted octanol–water partition coefficient (Wildman–Crippen LogP) is 4.53. The molecule has 0 saturated heterocycles. The second-order valence-corrected chi connectivity index (χ2v) is 11.3. The van der Waals surface area contributed by atoms with E-state index in [0.29, 0.717) is 0 Å². The minimum atomic E-state index is -0.942. The van der Waals surface area contributed by atoms with E-state index in [4.69, 9.17) is 19.1 Å². The molecule has 0 aliphatic rings. The largest absolute Gasteiger partial charge is 0.460 e. The summed E-state index contributed by atoms with van der Waals surface area (Å²) in [6, 6.07) is -1.41. The molecule has 9 nitrogen and oxygen atoms in total. The first-order valence-corrected chi connectivity index (χ1v) is 11.9. The zero-order valence-electron chi connectivity index (χ0n) is 22.8. The predicted molar refractivity (Wildman–Crippen MR) is 129 cm³/mol. The average Bonchev–Trinajstić information content (AvgIpc) is 2.61. The summed E-state index contributed by atoms with van der Waals surface area (Å²) in [5.41, 5.74) is -1.43. The molecule has 198 valence electrons. The molecule has 9 heteroatoms. The van der Waals surface area contributed by atoms with E-state index in [9.17, 15) is 14.4 Å². The number of rotatable bonds is 10. The summed E-state index contributed by atoms with van der Waals surface area (Å²) >= 11 is 0. The lowest BCUT2D eigenvalue weighted by Crippen LogP contribution is -2.53. The maximum Gasteiger partial charge on any atom is 0.373 e. The maximum atomic E-state index is 12.7. The molecule has 2 amide bonds. The smallest absolute Gasteiger partial charge is 0.373 e. The molecule has 0 aliphatic heterocycles. The molecule has 0 aromatic carbocycles. The van der Waals surface area contributed by atoms with Gasteiger partial charge in [-0.15, -0.1) is 0 Å². The fourth-order valence-corrected chi connectivity index (χ4v) is 2.95. The van der Waals surface area contributed by atoms with Crippen LogP contribution in [0.1, 0.15) is 108 Å².